The molecule has 0 saturated carbocycles. The zero-order valence-electron chi connectivity index (χ0n) is 7.21. The Morgan fingerprint density at radius 2 is 2.17 bits per heavy atom. The lowest BCUT2D eigenvalue weighted by Crippen LogP contribution is -2.51. The van der Waals surface area contributed by atoms with Crippen LogP contribution in [0, 0.1) is 0 Å². The second kappa shape index (κ2) is 3.30. The summed E-state index contributed by atoms with van der Waals surface area (Å²) in [5.41, 5.74) is 5.58. The largest absolute Gasteiger partial charge is 0.347 e. The molecule has 4 heteroatoms. The zero-order chi connectivity index (χ0) is 8.44. The van der Waals surface area contributed by atoms with Crippen LogP contribution in [0.5, 0.6) is 0 Å². The molecule has 0 bridgehead atoms. The van der Waals surface area contributed by atoms with Crippen LogP contribution in [0.15, 0.2) is 0 Å². The van der Waals surface area contributed by atoms with Crippen LogP contribution in [-0.2, 0) is 9.47 Å². The molecule has 12 heavy (non-hydrogen) atoms. The molecule has 2 aliphatic heterocycles. The summed E-state index contributed by atoms with van der Waals surface area (Å²) in [4.78, 5) is 0. The van der Waals surface area contributed by atoms with Crippen molar-refractivity contribution in [3.63, 3.8) is 0 Å². The first-order valence-corrected chi connectivity index (χ1v) is 4.56. The molecule has 3 N–H and O–H groups in total. The van der Waals surface area contributed by atoms with Crippen molar-refractivity contribution in [3.05, 3.63) is 0 Å². The van der Waals surface area contributed by atoms with Crippen LogP contribution in [0.1, 0.15) is 12.8 Å². The first-order valence-electron chi connectivity index (χ1n) is 4.56. The molecule has 2 heterocycles. The Kier molecular flexibility index (Phi) is 2.32. The summed E-state index contributed by atoms with van der Waals surface area (Å²) in [5.74, 6) is -0.296. The Hall–Kier alpha value is -0.160. The normalized spacial score (nSPS) is 34.2. The Morgan fingerprint density at radius 3 is 2.83 bits per heavy atom. The highest BCUT2D eigenvalue weighted by Crippen LogP contribution is 2.30. The third kappa shape index (κ3) is 1.47. The Bertz CT molecular complexity index is 157. The maximum atomic E-state index is 5.60. The summed E-state index contributed by atoms with van der Waals surface area (Å²) in [6, 6.07) is 0.358. The molecule has 0 aromatic heterocycles. The van der Waals surface area contributed by atoms with E-state index < -0.39 is 0 Å². The predicted octanol–water partition coefficient (Wildman–Crippen LogP) is -0.560. The molecule has 0 amide bonds. The van der Waals surface area contributed by atoms with Gasteiger partial charge in [-0.2, -0.15) is 0 Å². The van der Waals surface area contributed by atoms with E-state index in [1.54, 1.807) is 0 Å². The minimum Gasteiger partial charge on any atom is -0.347 e. The lowest BCUT2D eigenvalue weighted by Gasteiger charge is -2.36. The van der Waals surface area contributed by atoms with Crippen molar-refractivity contribution in [3.8, 4) is 0 Å². The second-order valence-corrected chi connectivity index (χ2v) is 3.45. The number of hydrogen-bond acceptors (Lipinski definition) is 4. The topological polar surface area (TPSA) is 56.5 Å². The molecule has 0 aromatic rings. The van der Waals surface area contributed by atoms with Crippen molar-refractivity contribution in [2.45, 2.75) is 24.7 Å². The molecule has 1 atom stereocenters. The van der Waals surface area contributed by atoms with Crippen LogP contribution in [0.3, 0.4) is 0 Å². The molecule has 2 saturated heterocycles. The van der Waals surface area contributed by atoms with Crippen molar-refractivity contribution in [1.29, 1.82) is 0 Å². The van der Waals surface area contributed by atoms with E-state index in [1.165, 1.54) is 0 Å². The van der Waals surface area contributed by atoms with Gasteiger partial charge in [0.05, 0.1) is 13.2 Å². The van der Waals surface area contributed by atoms with Gasteiger partial charge < -0.3 is 20.5 Å². The lowest BCUT2D eigenvalue weighted by atomic mass is 9.98. The summed E-state index contributed by atoms with van der Waals surface area (Å²) >= 11 is 0. The third-order valence-corrected chi connectivity index (χ3v) is 2.59. The molecule has 4 nitrogen and oxygen atoms in total. The monoisotopic (exact) mass is 172 g/mol. The van der Waals surface area contributed by atoms with Gasteiger partial charge in [-0.15, -0.1) is 0 Å². The second-order valence-electron chi connectivity index (χ2n) is 3.45. The quantitative estimate of drug-likeness (QED) is 0.556. The third-order valence-electron chi connectivity index (χ3n) is 2.59. The SMILES string of the molecule is NC[C@@H]1CC2(CCN1)OCCO2. The first kappa shape index (κ1) is 8.44. The summed E-state index contributed by atoms with van der Waals surface area (Å²) < 4.78 is 11.2. The van der Waals surface area contributed by atoms with E-state index in [0.29, 0.717) is 12.6 Å². The van der Waals surface area contributed by atoms with E-state index in [2.05, 4.69) is 5.32 Å². The van der Waals surface area contributed by atoms with Crippen LogP contribution < -0.4 is 11.1 Å². The summed E-state index contributed by atoms with van der Waals surface area (Å²) in [5, 5.41) is 3.33. The molecule has 1 spiro atoms. The van der Waals surface area contributed by atoms with E-state index in [9.17, 15) is 0 Å². The fourth-order valence-corrected chi connectivity index (χ4v) is 1.94. The number of nitrogens with one attached hydrogen (secondary N) is 1. The fourth-order valence-electron chi connectivity index (χ4n) is 1.94. The molecular weight excluding hydrogens is 156 g/mol. The van der Waals surface area contributed by atoms with Gasteiger partial charge in [-0.25, -0.2) is 0 Å². The minimum atomic E-state index is -0.296. The Balaban J connectivity index is 1.97. The van der Waals surface area contributed by atoms with Gasteiger partial charge in [0.2, 0.25) is 0 Å². The van der Waals surface area contributed by atoms with Crippen LogP contribution in [0.25, 0.3) is 0 Å². The van der Waals surface area contributed by atoms with Crippen LogP contribution in [0.4, 0.5) is 0 Å². The molecule has 2 aliphatic rings. The Labute approximate surface area is 72.4 Å². The highest BCUT2D eigenvalue weighted by molar-refractivity contribution is 4.87. The van der Waals surface area contributed by atoms with E-state index in [4.69, 9.17) is 15.2 Å². The standard InChI is InChI=1S/C8H16N2O2/c9-6-7-5-8(1-2-10-7)11-3-4-12-8/h7,10H,1-6,9H2/t7-/m0/s1. The number of piperidine rings is 1. The molecule has 0 aliphatic carbocycles. The molecule has 2 rings (SSSR count). The molecule has 0 radical (unpaired) electrons. The molecular formula is C8H16N2O2. The van der Waals surface area contributed by atoms with E-state index >= 15 is 0 Å². The van der Waals surface area contributed by atoms with Crippen molar-refractivity contribution < 1.29 is 9.47 Å². The first-order chi connectivity index (χ1) is 5.85. The van der Waals surface area contributed by atoms with Gasteiger partial charge in [0.1, 0.15) is 0 Å². The molecule has 0 unspecified atom stereocenters. The van der Waals surface area contributed by atoms with Gasteiger partial charge in [0.15, 0.2) is 5.79 Å². The maximum absolute atomic E-state index is 5.60. The van der Waals surface area contributed by atoms with Gasteiger partial charge in [-0.3, -0.25) is 0 Å². The van der Waals surface area contributed by atoms with E-state index in [1.807, 2.05) is 0 Å². The van der Waals surface area contributed by atoms with Crippen LogP contribution >= 0.6 is 0 Å². The highest BCUT2D eigenvalue weighted by Gasteiger charge is 2.40. The predicted molar refractivity (Wildman–Crippen MR) is 44.7 cm³/mol. The fraction of sp³-hybridized carbons (Fsp3) is 1.00. The Morgan fingerprint density at radius 1 is 1.42 bits per heavy atom. The number of rotatable bonds is 1. The van der Waals surface area contributed by atoms with E-state index in [-0.39, 0.29) is 5.79 Å². The van der Waals surface area contributed by atoms with Gasteiger partial charge in [0, 0.05) is 32.0 Å². The average Bonchev–Trinajstić information content (AvgIpc) is 2.53. The van der Waals surface area contributed by atoms with Crippen molar-refractivity contribution in [2.24, 2.45) is 5.73 Å². The van der Waals surface area contributed by atoms with Crippen molar-refractivity contribution in [1.82, 2.24) is 5.32 Å². The van der Waals surface area contributed by atoms with Crippen LogP contribution in [-0.4, -0.2) is 38.1 Å². The zero-order valence-corrected chi connectivity index (χ0v) is 7.21. The number of nitrogens with two attached hydrogens (primary N) is 1. The molecule has 2 fully saturated rings. The summed E-state index contributed by atoms with van der Waals surface area (Å²) in [7, 11) is 0. The van der Waals surface area contributed by atoms with Gasteiger partial charge in [-0.05, 0) is 0 Å². The maximum Gasteiger partial charge on any atom is 0.171 e. The number of ether oxygens (including phenoxy) is 2. The van der Waals surface area contributed by atoms with Crippen molar-refractivity contribution in [2.75, 3.05) is 26.3 Å². The van der Waals surface area contributed by atoms with Crippen molar-refractivity contribution >= 4 is 0 Å². The van der Waals surface area contributed by atoms with Crippen LogP contribution in [0.2, 0.25) is 0 Å². The smallest absolute Gasteiger partial charge is 0.171 e. The van der Waals surface area contributed by atoms with Gasteiger partial charge in [-0.1, -0.05) is 0 Å². The lowest BCUT2D eigenvalue weighted by molar-refractivity contribution is -0.179. The number of hydrogen-bond donors (Lipinski definition) is 2. The van der Waals surface area contributed by atoms with Gasteiger partial charge >= 0.3 is 0 Å². The molecule has 0 aromatic carbocycles. The van der Waals surface area contributed by atoms with Gasteiger partial charge in [0.25, 0.3) is 0 Å². The minimum absolute atomic E-state index is 0.296. The summed E-state index contributed by atoms with van der Waals surface area (Å²) in [6.07, 6.45) is 1.84. The molecule has 70 valence electrons. The summed E-state index contributed by atoms with van der Waals surface area (Å²) in [6.45, 7) is 3.07. The average molecular weight is 172 g/mol. The van der Waals surface area contributed by atoms with E-state index in [0.717, 1.165) is 32.6 Å². The highest BCUT2D eigenvalue weighted by atomic mass is 16.7.